The predicted octanol–water partition coefficient (Wildman–Crippen LogP) is -0.0133. The van der Waals surface area contributed by atoms with E-state index in [0.29, 0.717) is 26.2 Å². The molecule has 0 amide bonds. The van der Waals surface area contributed by atoms with Gasteiger partial charge in [0.2, 0.25) is 0 Å². The van der Waals surface area contributed by atoms with Crippen LogP contribution in [-0.2, 0) is 19.4 Å². The van der Waals surface area contributed by atoms with Crippen LogP contribution in [0.5, 0.6) is 0 Å². The van der Waals surface area contributed by atoms with Gasteiger partial charge in [-0.2, -0.15) is 0 Å². The van der Waals surface area contributed by atoms with Gasteiger partial charge >= 0.3 is 5.97 Å². The number of carboxylic acid groups (broad SMARTS) is 1. The molecule has 106 valence electrons. The first-order chi connectivity index (χ1) is 8.44. The van der Waals surface area contributed by atoms with Gasteiger partial charge in [-0.15, -0.1) is 0 Å². The Hall–Kier alpha value is -0.660. The Labute approximate surface area is 108 Å². The second-order valence-corrected chi connectivity index (χ2v) is 6.70. The van der Waals surface area contributed by atoms with Crippen LogP contribution in [0.3, 0.4) is 0 Å². The summed E-state index contributed by atoms with van der Waals surface area (Å²) >= 11 is 0. The Bertz CT molecular complexity index is 368. The van der Waals surface area contributed by atoms with E-state index >= 15 is 0 Å². The van der Waals surface area contributed by atoms with Crippen LogP contribution < -0.4 is 0 Å². The zero-order valence-corrected chi connectivity index (χ0v) is 11.5. The van der Waals surface area contributed by atoms with E-state index in [1.165, 1.54) is 0 Å². The molecule has 18 heavy (non-hydrogen) atoms. The van der Waals surface area contributed by atoms with Gasteiger partial charge in [-0.1, -0.05) is 0 Å². The minimum atomic E-state index is -2.98. The minimum Gasteiger partial charge on any atom is -0.480 e. The van der Waals surface area contributed by atoms with E-state index in [-0.39, 0.29) is 24.1 Å². The maximum Gasteiger partial charge on any atom is 0.317 e. The maximum atomic E-state index is 11.4. The van der Waals surface area contributed by atoms with Crippen LogP contribution in [0, 0.1) is 0 Å². The summed E-state index contributed by atoms with van der Waals surface area (Å²) in [4.78, 5) is 12.5. The molecule has 1 atom stereocenters. The highest BCUT2D eigenvalue weighted by Gasteiger charge is 2.32. The van der Waals surface area contributed by atoms with Crippen molar-refractivity contribution in [1.29, 1.82) is 0 Å². The normalized spacial score (nSPS) is 22.4. The molecule has 1 saturated heterocycles. The second kappa shape index (κ2) is 7.06. The van der Waals surface area contributed by atoms with Gasteiger partial charge in [0.25, 0.3) is 0 Å². The van der Waals surface area contributed by atoms with E-state index in [1.807, 2.05) is 6.92 Å². The molecule has 7 heteroatoms. The fraction of sp³-hybridized carbons (Fsp3) is 0.909. The summed E-state index contributed by atoms with van der Waals surface area (Å²) in [5.41, 5.74) is 0. The van der Waals surface area contributed by atoms with E-state index in [0.717, 1.165) is 6.42 Å². The molecule has 1 unspecified atom stereocenters. The van der Waals surface area contributed by atoms with Crippen LogP contribution in [-0.4, -0.2) is 68.2 Å². The average molecular weight is 279 g/mol. The zero-order valence-electron chi connectivity index (χ0n) is 10.7. The van der Waals surface area contributed by atoms with Crippen LogP contribution >= 0.6 is 0 Å². The molecule has 0 radical (unpaired) electrons. The van der Waals surface area contributed by atoms with Gasteiger partial charge < -0.3 is 9.84 Å². The Kier molecular flexibility index (Phi) is 6.04. The number of aliphatic carboxylic acids is 1. The SMILES string of the molecule is CCOCCCN(CC(=O)O)C1CCS(=O)(=O)C1. The van der Waals surface area contributed by atoms with Crippen molar-refractivity contribution in [2.45, 2.75) is 25.8 Å². The van der Waals surface area contributed by atoms with Gasteiger partial charge in [0, 0.05) is 25.8 Å². The minimum absolute atomic E-state index is 0.0783. The molecule has 1 rings (SSSR count). The Morgan fingerprint density at radius 1 is 1.50 bits per heavy atom. The van der Waals surface area contributed by atoms with Crippen molar-refractivity contribution in [3.63, 3.8) is 0 Å². The van der Waals surface area contributed by atoms with Crippen LogP contribution in [0.4, 0.5) is 0 Å². The third kappa shape index (κ3) is 5.32. The molecule has 0 aromatic rings. The van der Waals surface area contributed by atoms with E-state index in [9.17, 15) is 13.2 Å². The van der Waals surface area contributed by atoms with Crippen LogP contribution in [0.1, 0.15) is 19.8 Å². The summed E-state index contributed by atoms with van der Waals surface area (Å²) in [7, 11) is -2.98. The van der Waals surface area contributed by atoms with E-state index in [1.54, 1.807) is 4.90 Å². The lowest BCUT2D eigenvalue weighted by Gasteiger charge is -2.26. The van der Waals surface area contributed by atoms with Gasteiger partial charge in [-0.05, 0) is 19.8 Å². The number of hydrogen-bond acceptors (Lipinski definition) is 5. The fourth-order valence-electron chi connectivity index (χ4n) is 2.14. The Morgan fingerprint density at radius 2 is 2.22 bits per heavy atom. The summed E-state index contributed by atoms with van der Waals surface area (Å²) in [5, 5.41) is 8.85. The number of rotatable bonds is 8. The van der Waals surface area contributed by atoms with Crippen molar-refractivity contribution in [3.8, 4) is 0 Å². The summed E-state index contributed by atoms with van der Waals surface area (Å²) in [6.07, 6.45) is 1.25. The zero-order chi connectivity index (χ0) is 13.6. The molecule has 1 aliphatic heterocycles. The third-order valence-corrected chi connectivity index (χ3v) is 4.75. The largest absolute Gasteiger partial charge is 0.480 e. The van der Waals surface area contributed by atoms with Gasteiger partial charge in [0.1, 0.15) is 0 Å². The van der Waals surface area contributed by atoms with Crippen molar-refractivity contribution in [3.05, 3.63) is 0 Å². The van der Waals surface area contributed by atoms with Gasteiger partial charge in [0.15, 0.2) is 9.84 Å². The molecule has 0 saturated carbocycles. The lowest BCUT2D eigenvalue weighted by atomic mass is 10.2. The second-order valence-electron chi connectivity index (χ2n) is 4.47. The van der Waals surface area contributed by atoms with Crippen LogP contribution in [0.15, 0.2) is 0 Å². The van der Waals surface area contributed by atoms with Crippen LogP contribution in [0.25, 0.3) is 0 Å². The molecule has 0 aliphatic carbocycles. The Balaban J connectivity index is 2.48. The number of nitrogens with zero attached hydrogens (tertiary/aromatic N) is 1. The molecule has 1 fully saturated rings. The molecule has 0 aromatic carbocycles. The van der Waals surface area contributed by atoms with Gasteiger partial charge in [-0.3, -0.25) is 9.69 Å². The lowest BCUT2D eigenvalue weighted by Crippen LogP contribution is -2.40. The fourth-order valence-corrected chi connectivity index (χ4v) is 3.90. The number of carbonyl (C=O) groups is 1. The first-order valence-electron chi connectivity index (χ1n) is 6.18. The molecule has 0 spiro atoms. The van der Waals surface area contributed by atoms with Crippen LogP contribution in [0.2, 0.25) is 0 Å². The maximum absolute atomic E-state index is 11.4. The van der Waals surface area contributed by atoms with Crippen molar-refractivity contribution in [1.82, 2.24) is 4.90 Å². The molecule has 1 aliphatic rings. The van der Waals surface area contributed by atoms with Crippen molar-refractivity contribution >= 4 is 15.8 Å². The molecule has 0 aromatic heterocycles. The summed E-state index contributed by atoms with van der Waals surface area (Å²) in [6, 6.07) is -0.160. The van der Waals surface area contributed by atoms with Gasteiger partial charge in [-0.25, -0.2) is 8.42 Å². The topological polar surface area (TPSA) is 83.9 Å². The summed E-state index contributed by atoms with van der Waals surface area (Å²) < 4.78 is 28.0. The molecule has 6 nitrogen and oxygen atoms in total. The van der Waals surface area contributed by atoms with Crippen molar-refractivity contribution in [2.24, 2.45) is 0 Å². The summed E-state index contributed by atoms with van der Waals surface area (Å²) in [5.74, 6) is -0.676. The third-order valence-electron chi connectivity index (χ3n) is 3.00. The van der Waals surface area contributed by atoms with E-state index in [4.69, 9.17) is 9.84 Å². The van der Waals surface area contributed by atoms with E-state index < -0.39 is 15.8 Å². The number of carboxylic acids is 1. The summed E-state index contributed by atoms with van der Waals surface area (Å²) in [6.45, 7) is 3.57. The highest BCUT2D eigenvalue weighted by atomic mass is 32.2. The number of hydrogen-bond donors (Lipinski definition) is 1. The number of ether oxygens (including phenoxy) is 1. The highest BCUT2D eigenvalue weighted by molar-refractivity contribution is 7.91. The highest BCUT2D eigenvalue weighted by Crippen LogP contribution is 2.17. The number of sulfone groups is 1. The molecule has 0 bridgehead atoms. The quantitative estimate of drug-likeness (QED) is 0.629. The lowest BCUT2D eigenvalue weighted by molar-refractivity contribution is -0.138. The standard InChI is InChI=1S/C11H21NO5S/c1-2-17-6-3-5-12(8-11(13)14)10-4-7-18(15,16)9-10/h10H,2-9H2,1H3,(H,13,14). The molecular weight excluding hydrogens is 258 g/mol. The van der Waals surface area contributed by atoms with Crippen molar-refractivity contribution in [2.75, 3.05) is 37.8 Å². The van der Waals surface area contributed by atoms with Gasteiger partial charge in [0.05, 0.1) is 18.1 Å². The van der Waals surface area contributed by atoms with Crippen molar-refractivity contribution < 1.29 is 23.1 Å². The first kappa shape index (κ1) is 15.4. The molecule has 1 N–H and O–H groups in total. The monoisotopic (exact) mass is 279 g/mol. The first-order valence-corrected chi connectivity index (χ1v) is 8.00. The predicted molar refractivity (Wildman–Crippen MR) is 67.4 cm³/mol. The molecule has 1 heterocycles. The van der Waals surface area contributed by atoms with E-state index in [2.05, 4.69) is 0 Å². The Morgan fingerprint density at radius 3 is 2.72 bits per heavy atom. The average Bonchev–Trinajstić information content (AvgIpc) is 2.63. The molecular formula is C11H21NO5S. The smallest absolute Gasteiger partial charge is 0.317 e.